The molecule has 0 radical (unpaired) electrons. The molecule has 1 atom stereocenters. The minimum atomic E-state index is -0.251. The lowest BCUT2D eigenvalue weighted by atomic mass is 10.1. The van der Waals surface area contributed by atoms with Gasteiger partial charge in [0, 0.05) is 9.75 Å². The molecular formula is C10H16OS. The maximum absolute atomic E-state index is 9.66. The molecule has 0 saturated heterocycles. The number of hydrogen-bond donors (Lipinski definition) is 1. The van der Waals surface area contributed by atoms with Crippen LogP contribution in [0.1, 0.15) is 41.7 Å². The van der Waals surface area contributed by atoms with Crippen LogP contribution in [-0.2, 0) is 6.42 Å². The third kappa shape index (κ3) is 1.87. The maximum atomic E-state index is 9.66. The van der Waals surface area contributed by atoms with Gasteiger partial charge in [-0.25, -0.2) is 0 Å². The fourth-order valence-electron chi connectivity index (χ4n) is 1.33. The van der Waals surface area contributed by atoms with Gasteiger partial charge in [-0.05, 0) is 31.4 Å². The first-order chi connectivity index (χ1) is 5.69. The molecule has 2 heteroatoms. The molecule has 0 bridgehead atoms. The van der Waals surface area contributed by atoms with Gasteiger partial charge < -0.3 is 5.11 Å². The molecular weight excluding hydrogens is 168 g/mol. The summed E-state index contributed by atoms with van der Waals surface area (Å²) in [4.78, 5) is 2.46. The van der Waals surface area contributed by atoms with Crippen LogP contribution in [-0.4, -0.2) is 5.11 Å². The van der Waals surface area contributed by atoms with Crippen LogP contribution >= 0.6 is 11.3 Å². The summed E-state index contributed by atoms with van der Waals surface area (Å²) in [6, 6.07) is 2.18. The molecule has 1 rings (SSSR count). The number of aliphatic hydroxyl groups excluding tert-OH is 1. The summed E-state index contributed by atoms with van der Waals surface area (Å²) >= 11 is 1.72. The third-order valence-corrected chi connectivity index (χ3v) is 3.23. The van der Waals surface area contributed by atoms with Crippen LogP contribution in [0.25, 0.3) is 0 Å². The highest BCUT2D eigenvalue weighted by Crippen LogP contribution is 2.29. The van der Waals surface area contributed by atoms with Crippen LogP contribution < -0.4 is 0 Å². The molecule has 12 heavy (non-hydrogen) atoms. The lowest BCUT2D eigenvalue weighted by Crippen LogP contribution is -1.94. The first-order valence-electron chi connectivity index (χ1n) is 4.46. The topological polar surface area (TPSA) is 20.2 Å². The molecule has 68 valence electrons. The van der Waals surface area contributed by atoms with Crippen LogP contribution in [0.15, 0.2) is 6.07 Å². The predicted molar refractivity (Wildman–Crippen MR) is 53.7 cm³/mol. The fourth-order valence-corrected chi connectivity index (χ4v) is 2.51. The third-order valence-electron chi connectivity index (χ3n) is 2.04. The zero-order valence-corrected chi connectivity index (χ0v) is 8.74. The van der Waals surface area contributed by atoms with E-state index >= 15 is 0 Å². The number of hydrogen-bond acceptors (Lipinski definition) is 2. The van der Waals surface area contributed by atoms with Gasteiger partial charge in [-0.15, -0.1) is 11.3 Å². The molecule has 1 heterocycles. The van der Waals surface area contributed by atoms with Crippen LogP contribution in [0.3, 0.4) is 0 Å². The van der Waals surface area contributed by atoms with Gasteiger partial charge in [0.2, 0.25) is 0 Å². The van der Waals surface area contributed by atoms with Crippen molar-refractivity contribution >= 4 is 11.3 Å². The Hall–Kier alpha value is -0.340. The van der Waals surface area contributed by atoms with Crippen LogP contribution in [0.4, 0.5) is 0 Å². The van der Waals surface area contributed by atoms with Gasteiger partial charge in [-0.1, -0.05) is 13.8 Å². The summed E-state index contributed by atoms with van der Waals surface area (Å²) < 4.78 is 0. The summed E-state index contributed by atoms with van der Waals surface area (Å²) in [6.07, 6.45) is 1.59. The van der Waals surface area contributed by atoms with E-state index in [1.807, 2.05) is 6.92 Å². The lowest BCUT2D eigenvalue weighted by Gasteiger charge is -2.06. The summed E-state index contributed by atoms with van der Waals surface area (Å²) in [5.74, 6) is 0. The molecule has 0 fully saturated rings. The smallest absolute Gasteiger partial charge is 0.0882 e. The van der Waals surface area contributed by atoms with Gasteiger partial charge in [0.05, 0.1) is 6.10 Å². The van der Waals surface area contributed by atoms with Crippen LogP contribution in [0.2, 0.25) is 0 Å². The van der Waals surface area contributed by atoms with Crippen LogP contribution in [0.5, 0.6) is 0 Å². The average molecular weight is 184 g/mol. The molecule has 0 aliphatic heterocycles. The molecule has 0 spiro atoms. The molecule has 1 aromatic heterocycles. The van der Waals surface area contributed by atoms with E-state index in [0.29, 0.717) is 0 Å². The van der Waals surface area contributed by atoms with Crippen molar-refractivity contribution in [1.29, 1.82) is 0 Å². The standard InChI is InChI=1S/C10H16OS/c1-4-8-6-7(3)12-10(8)9(11)5-2/h6,9,11H,4-5H2,1-3H3/t9-/m0/s1. The van der Waals surface area contributed by atoms with E-state index in [4.69, 9.17) is 0 Å². The molecule has 0 aromatic carbocycles. The minimum Gasteiger partial charge on any atom is -0.388 e. The van der Waals surface area contributed by atoms with Gasteiger partial charge in [0.15, 0.2) is 0 Å². The normalized spacial score (nSPS) is 13.3. The van der Waals surface area contributed by atoms with Gasteiger partial charge in [-0.3, -0.25) is 0 Å². The number of thiophene rings is 1. The molecule has 1 aromatic rings. The molecule has 0 amide bonds. The fraction of sp³-hybridized carbons (Fsp3) is 0.600. The Labute approximate surface area is 78.1 Å². The second kappa shape index (κ2) is 4.06. The van der Waals surface area contributed by atoms with Crippen molar-refractivity contribution in [3.8, 4) is 0 Å². The monoisotopic (exact) mass is 184 g/mol. The molecule has 1 nitrogen and oxygen atoms in total. The number of rotatable bonds is 3. The second-order valence-electron chi connectivity index (χ2n) is 3.02. The van der Waals surface area contributed by atoms with E-state index in [9.17, 15) is 5.11 Å². The Morgan fingerprint density at radius 1 is 1.50 bits per heavy atom. The summed E-state index contributed by atoms with van der Waals surface area (Å²) in [6.45, 7) is 6.24. The van der Waals surface area contributed by atoms with Crippen molar-refractivity contribution in [2.75, 3.05) is 0 Å². The van der Waals surface area contributed by atoms with Crippen LogP contribution in [0, 0.1) is 6.92 Å². The van der Waals surface area contributed by atoms with Gasteiger partial charge in [0.25, 0.3) is 0 Å². The van der Waals surface area contributed by atoms with Crippen molar-refractivity contribution in [2.45, 2.75) is 39.7 Å². The number of aliphatic hydroxyl groups is 1. The van der Waals surface area contributed by atoms with E-state index in [1.54, 1.807) is 11.3 Å². The second-order valence-corrected chi connectivity index (χ2v) is 4.31. The first kappa shape index (κ1) is 9.75. The molecule has 0 aliphatic rings. The van der Waals surface area contributed by atoms with Gasteiger partial charge >= 0.3 is 0 Å². The largest absolute Gasteiger partial charge is 0.388 e. The Morgan fingerprint density at radius 2 is 2.17 bits per heavy atom. The van der Waals surface area contributed by atoms with E-state index in [0.717, 1.165) is 17.7 Å². The average Bonchev–Trinajstić information content (AvgIpc) is 2.45. The summed E-state index contributed by atoms with van der Waals surface area (Å²) in [5, 5.41) is 9.66. The zero-order chi connectivity index (χ0) is 9.14. The first-order valence-corrected chi connectivity index (χ1v) is 5.27. The molecule has 0 saturated carbocycles. The highest BCUT2D eigenvalue weighted by Gasteiger charge is 2.12. The Kier molecular flexibility index (Phi) is 3.29. The van der Waals surface area contributed by atoms with Crippen molar-refractivity contribution in [2.24, 2.45) is 0 Å². The van der Waals surface area contributed by atoms with E-state index < -0.39 is 0 Å². The highest BCUT2D eigenvalue weighted by atomic mass is 32.1. The van der Waals surface area contributed by atoms with E-state index in [-0.39, 0.29) is 6.10 Å². The van der Waals surface area contributed by atoms with Crippen molar-refractivity contribution in [3.63, 3.8) is 0 Å². The SMILES string of the molecule is CCc1cc(C)sc1[C@@H](O)CC. The van der Waals surface area contributed by atoms with Crippen molar-refractivity contribution in [1.82, 2.24) is 0 Å². The summed E-state index contributed by atoms with van der Waals surface area (Å²) in [7, 11) is 0. The Bertz CT molecular complexity index is 252. The summed E-state index contributed by atoms with van der Waals surface area (Å²) in [5.41, 5.74) is 1.31. The lowest BCUT2D eigenvalue weighted by molar-refractivity contribution is 0.176. The Balaban J connectivity index is 2.96. The van der Waals surface area contributed by atoms with Crippen molar-refractivity contribution < 1.29 is 5.11 Å². The maximum Gasteiger partial charge on any atom is 0.0882 e. The van der Waals surface area contributed by atoms with E-state index in [2.05, 4.69) is 19.9 Å². The molecule has 1 N–H and O–H groups in total. The quantitative estimate of drug-likeness (QED) is 0.765. The van der Waals surface area contributed by atoms with Gasteiger partial charge in [-0.2, -0.15) is 0 Å². The van der Waals surface area contributed by atoms with E-state index in [1.165, 1.54) is 10.4 Å². The molecule has 0 unspecified atom stereocenters. The number of aryl methyl sites for hydroxylation is 2. The highest BCUT2D eigenvalue weighted by molar-refractivity contribution is 7.12. The Morgan fingerprint density at radius 3 is 2.67 bits per heavy atom. The predicted octanol–water partition coefficient (Wildman–Crippen LogP) is 3.06. The molecule has 0 aliphatic carbocycles. The minimum absolute atomic E-state index is 0.251. The van der Waals surface area contributed by atoms with Gasteiger partial charge in [0.1, 0.15) is 0 Å². The zero-order valence-electron chi connectivity index (χ0n) is 7.92. The van der Waals surface area contributed by atoms with Crippen molar-refractivity contribution in [3.05, 3.63) is 21.4 Å².